The number of hydrogen-bond acceptors (Lipinski definition) is 3. The summed E-state index contributed by atoms with van der Waals surface area (Å²) in [5, 5.41) is 2.78. The Bertz CT molecular complexity index is 785. The molecule has 2 aromatic carbocycles. The number of rotatable bonds is 7. The predicted octanol–water partition coefficient (Wildman–Crippen LogP) is 3.87. The summed E-state index contributed by atoms with van der Waals surface area (Å²) in [6.07, 6.45) is 4.16. The van der Waals surface area contributed by atoms with Crippen LogP contribution in [0.15, 0.2) is 73.1 Å². The van der Waals surface area contributed by atoms with Gasteiger partial charge in [-0.1, -0.05) is 60.7 Å². The fourth-order valence-corrected chi connectivity index (χ4v) is 2.55. The van der Waals surface area contributed by atoms with Crippen molar-refractivity contribution < 1.29 is 9.53 Å². The lowest BCUT2D eigenvalue weighted by molar-refractivity contribution is 0.139. The van der Waals surface area contributed by atoms with E-state index in [1.54, 1.807) is 6.20 Å². The summed E-state index contributed by atoms with van der Waals surface area (Å²) in [4.78, 5) is 16.1. The van der Waals surface area contributed by atoms with Gasteiger partial charge in [0.2, 0.25) is 0 Å². The van der Waals surface area contributed by atoms with Crippen molar-refractivity contribution in [3.05, 3.63) is 78.6 Å². The monoisotopic (exact) mass is 335 g/mol. The van der Waals surface area contributed by atoms with Crippen LogP contribution in [-0.2, 0) is 17.9 Å². The minimum Gasteiger partial charge on any atom is -0.445 e. The molecule has 0 aliphatic rings. The maximum absolute atomic E-state index is 11.7. The van der Waals surface area contributed by atoms with E-state index in [2.05, 4.69) is 14.9 Å². The molecule has 1 N–H and O–H groups in total. The molecule has 25 heavy (non-hydrogen) atoms. The lowest BCUT2D eigenvalue weighted by Crippen LogP contribution is -2.26. The number of nitrogens with zero attached hydrogens (tertiary/aromatic N) is 2. The van der Waals surface area contributed by atoms with Gasteiger partial charge in [-0.25, -0.2) is 9.78 Å². The molecule has 1 amide bonds. The summed E-state index contributed by atoms with van der Waals surface area (Å²) < 4.78 is 7.28. The molecular formula is C20H21N3O2. The Morgan fingerprint density at radius 3 is 2.52 bits per heavy atom. The Kier molecular flexibility index (Phi) is 5.82. The largest absolute Gasteiger partial charge is 0.445 e. The van der Waals surface area contributed by atoms with Crippen molar-refractivity contribution in [2.45, 2.75) is 19.6 Å². The van der Waals surface area contributed by atoms with E-state index >= 15 is 0 Å². The molecule has 0 unspecified atom stereocenters. The van der Waals surface area contributed by atoms with Gasteiger partial charge in [-0.05, 0) is 12.0 Å². The Balaban J connectivity index is 1.40. The molecule has 0 aliphatic heterocycles. The smallest absolute Gasteiger partial charge is 0.407 e. The minimum atomic E-state index is -0.391. The van der Waals surface area contributed by atoms with Crippen LogP contribution in [0.25, 0.3) is 11.4 Å². The van der Waals surface area contributed by atoms with Crippen LogP contribution in [-0.4, -0.2) is 22.2 Å². The maximum Gasteiger partial charge on any atom is 0.407 e. The number of imidazole rings is 1. The third-order valence-corrected chi connectivity index (χ3v) is 3.81. The molecule has 3 rings (SSSR count). The molecule has 5 nitrogen and oxygen atoms in total. The van der Waals surface area contributed by atoms with E-state index in [0.717, 1.165) is 29.9 Å². The number of alkyl carbamates (subject to hydrolysis) is 1. The molecule has 3 aromatic rings. The number of aryl methyl sites for hydroxylation is 1. The van der Waals surface area contributed by atoms with Gasteiger partial charge in [0.15, 0.2) is 0 Å². The number of carbonyl (C=O) groups excluding carboxylic acids is 1. The zero-order valence-corrected chi connectivity index (χ0v) is 14.0. The number of ether oxygens (including phenoxy) is 1. The van der Waals surface area contributed by atoms with Crippen molar-refractivity contribution in [2.75, 3.05) is 6.54 Å². The van der Waals surface area contributed by atoms with Gasteiger partial charge in [0.05, 0.1) is 0 Å². The number of nitrogens with one attached hydrogen (secondary N) is 1. The second-order valence-electron chi connectivity index (χ2n) is 5.65. The average molecular weight is 335 g/mol. The van der Waals surface area contributed by atoms with Gasteiger partial charge in [-0.15, -0.1) is 0 Å². The van der Waals surface area contributed by atoms with Crippen molar-refractivity contribution in [2.24, 2.45) is 0 Å². The summed E-state index contributed by atoms with van der Waals surface area (Å²) >= 11 is 0. The van der Waals surface area contributed by atoms with E-state index < -0.39 is 6.09 Å². The van der Waals surface area contributed by atoms with E-state index in [1.165, 1.54) is 0 Å². The lowest BCUT2D eigenvalue weighted by Gasteiger charge is -2.09. The Morgan fingerprint density at radius 2 is 1.76 bits per heavy atom. The molecule has 0 aliphatic carbocycles. The molecule has 0 saturated heterocycles. The standard InChI is InChI=1S/C20H21N3O2/c24-20(25-16-17-8-3-1-4-9-17)22-12-7-14-23-15-13-21-19(23)18-10-5-2-6-11-18/h1-6,8-11,13,15H,7,12,14,16H2,(H,22,24). The second kappa shape index (κ2) is 8.68. The zero-order valence-electron chi connectivity index (χ0n) is 14.0. The third kappa shape index (κ3) is 4.94. The van der Waals surface area contributed by atoms with Gasteiger partial charge in [0.1, 0.15) is 12.4 Å². The molecule has 0 saturated carbocycles. The molecule has 1 heterocycles. The highest BCUT2D eigenvalue weighted by Gasteiger charge is 2.06. The summed E-state index contributed by atoms with van der Waals surface area (Å²) in [6, 6.07) is 19.7. The highest BCUT2D eigenvalue weighted by molar-refractivity contribution is 5.67. The summed E-state index contributed by atoms with van der Waals surface area (Å²) in [5.41, 5.74) is 2.06. The van der Waals surface area contributed by atoms with E-state index in [4.69, 9.17) is 4.74 Å². The van der Waals surface area contributed by atoms with Crippen molar-refractivity contribution in [1.29, 1.82) is 0 Å². The molecular weight excluding hydrogens is 314 g/mol. The first kappa shape index (κ1) is 16.8. The predicted molar refractivity (Wildman–Crippen MR) is 96.9 cm³/mol. The SMILES string of the molecule is O=C(NCCCn1ccnc1-c1ccccc1)OCc1ccccc1. The number of amides is 1. The second-order valence-corrected chi connectivity index (χ2v) is 5.65. The summed E-state index contributed by atoms with van der Waals surface area (Å²) in [5.74, 6) is 0.937. The van der Waals surface area contributed by atoms with E-state index in [0.29, 0.717) is 6.54 Å². The van der Waals surface area contributed by atoms with Crippen molar-refractivity contribution >= 4 is 6.09 Å². The molecule has 0 bridgehead atoms. The zero-order chi connectivity index (χ0) is 17.3. The quantitative estimate of drug-likeness (QED) is 0.667. The van der Waals surface area contributed by atoms with Crippen LogP contribution < -0.4 is 5.32 Å². The van der Waals surface area contributed by atoms with Crippen molar-refractivity contribution in [1.82, 2.24) is 14.9 Å². The number of aromatic nitrogens is 2. The first-order chi connectivity index (χ1) is 12.3. The highest BCUT2D eigenvalue weighted by Crippen LogP contribution is 2.16. The fraction of sp³-hybridized carbons (Fsp3) is 0.200. The topological polar surface area (TPSA) is 56.2 Å². The molecule has 1 aromatic heterocycles. The number of benzene rings is 2. The third-order valence-electron chi connectivity index (χ3n) is 3.81. The van der Waals surface area contributed by atoms with E-state index in [9.17, 15) is 4.79 Å². The van der Waals surface area contributed by atoms with Gasteiger partial charge < -0.3 is 14.6 Å². The van der Waals surface area contributed by atoms with Crippen LogP contribution in [0.4, 0.5) is 4.79 Å². The van der Waals surface area contributed by atoms with Crippen LogP contribution in [0, 0.1) is 0 Å². The minimum absolute atomic E-state index is 0.284. The molecule has 0 spiro atoms. The Morgan fingerprint density at radius 1 is 1.04 bits per heavy atom. The first-order valence-corrected chi connectivity index (χ1v) is 8.34. The molecule has 0 fully saturated rings. The molecule has 0 radical (unpaired) electrons. The molecule has 5 heteroatoms. The van der Waals surface area contributed by atoms with Crippen LogP contribution >= 0.6 is 0 Å². The van der Waals surface area contributed by atoms with Gasteiger partial charge >= 0.3 is 6.09 Å². The lowest BCUT2D eigenvalue weighted by atomic mass is 10.2. The van der Waals surface area contributed by atoms with Crippen molar-refractivity contribution in [3.63, 3.8) is 0 Å². The van der Waals surface area contributed by atoms with Crippen LogP contribution in [0.5, 0.6) is 0 Å². The number of carbonyl (C=O) groups is 1. The van der Waals surface area contributed by atoms with E-state index in [1.807, 2.05) is 66.9 Å². The Labute approximate surface area is 147 Å². The average Bonchev–Trinajstić information content (AvgIpc) is 3.14. The number of hydrogen-bond donors (Lipinski definition) is 1. The van der Waals surface area contributed by atoms with Gasteiger partial charge in [0.25, 0.3) is 0 Å². The van der Waals surface area contributed by atoms with Crippen LogP contribution in [0.2, 0.25) is 0 Å². The summed E-state index contributed by atoms with van der Waals surface area (Å²) in [7, 11) is 0. The fourth-order valence-electron chi connectivity index (χ4n) is 2.55. The Hall–Kier alpha value is -3.08. The molecule has 0 atom stereocenters. The highest BCUT2D eigenvalue weighted by atomic mass is 16.5. The van der Waals surface area contributed by atoms with Crippen molar-refractivity contribution in [3.8, 4) is 11.4 Å². The van der Waals surface area contributed by atoms with Gasteiger partial charge in [-0.2, -0.15) is 0 Å². The van der Waals surface area contributed by atoms with Crippen LogP contribution in [0.3, 0.4) is 0 Å². The maximum atomic E-state index is 11.7. The van der Waals surface area contributed by atoms with Gasteiger partial charge in [0, 0.05) is 31.0 Å². The molecule has 128 valence electrons. The summed E-state index contributed by atoms with van der Waals surface area (Å²) in [6.45, 7) is 1.62. The normalized spacial score (nSPS) is 10.4. The first-order valence-electron chi connectivity index (χ1n) is 8.34. The van der Waals surface area contributed by atoms with Gasteiger partial charge in [-0.3, -0.25) is 0 Å². The van der Waals surface area contributed by atoms with Crippen LogP contribution in [0.1, 0.15) is 12.0 Å². The van der Waals surface area contributed by atoms with E-state index in [-0.39, 0.29) is 6.61 Å².